The number of nitrogens with zero attached hydrogens (tertiary/aromatic N) is 2. The number of carboxylic acids is 1. The molecule has 0 unspecified atom stereocenters. The molecule has 2 heterocycles. The summed E-state index contributed by atoms with van der Waals surface area (Å²) >= 11 is 0. The van der Waals surface area contributed by atoms with E-state index >= 15 is 0 Å². The minimum Gasteiger partial charge on any atom is -0.481 e. The van der Waals surface area contributed by atoms with Crippen LogP contribution in [0.3, 0.4) is 0 Å². The normalized spacial score (nSPS) is 19.6. The Morgan fingerprint density at radius 3 is 2.46 bits per heavy atom. The van der Waals surface area contributed by atoms with Gasteiger partial charge in [0.05, 0.1) is 18.5 Å². The number of aliphatic carboxylic acids is 1. The van der Waals surface area contributed by atoms with Gasteiger partial charge in [-0.1, -0.05) is 30.3 Å². The van der Waals surface area contributed by atoms with Crippen LogP contribution in [-0.2, 0) is 25.7 Å². The average Bonchev–Trinajstić information content (AvgIpc) is 2.86. The maximum atomic E-state index is 12.8. The second kappa shape index (κ2) is 13.1. The first kappa shape index (κ1) is 26.5. The van der Waals surface area contributed by atoms with Crippen molar-refractivity contribution in [3.63, 3.8) is 0 Å². The van der Waals surface area contributed by atoms with Gasteiger partial charge < -0.3 is 30.7 Å². The fourth-order valence-electron chi connectivity index (χ4n) is 4.66. The van der Waals surface area contributed by atoms with Crippen LogP contribution in [0.25, 0.3) is 0 Å². The third kappa shape index (κ3) is 8.54. The van der Waals surface area contributed by atoms with Gasteiger partial charge in [-0.25, -0.2) is 4.79 Å². The molecule has 2 fully saturated rings. The van der Waals surface area contributed by atoms with E-state index in [9.17, 15) is 19.2 Å². The van der Waals surface area contributed by atoms with Crippen molar-refractivity contribution in [3.8, 4) is 0 Å². The number of nitrogens with one attached hydrogen (secondary N) is 1. The summed E-state index contributed by atoms with van der Waals surface area (Å²) in [6.07, 6.45) is 2.62. The van der Waals surface area contributed by atoms with Crippen LogP contribution in [-0.4, -0.2) is 71.1 Å². The molecule has 2 aliphatic rings. The lowest BCUT2D eigenvalue weighted by molar-refractivity contribution is -0.137. The average molecular weight is 489 g/mol. The molecule has 0 spiro atoms. The Labute approximate surface area is 205 Å². The Balaban J connectivity index is 1.35. The second-order valence-electron chi connectivity index (χ2n) is 9.40. The Morgan fingerprint density at radius 2 is 1.77 bits per heavy atom. The lowest BCUT2D eigenvalue weighted by Crippen LogP contribution is -2.50. The molecule has 1 aromatic rings. The van der Waals surface area contributed by atoms with E-state index in [1.165, 1.54) is 0 Å². The van der Waals surface area contributed by atoms with Crippen molar-refractivity contribution < 1.29 is 29.0 Å². The van der Waals surface area contributed by atoms with Gasteiger partial charge in [-0.05, 0) is 43.6 Å². The van der Waals surface area contributed by atoms with Crippen molar-refractivity contribution in [2.45, 2.75) is 57.7 Å². The highest BCUT2D eigenvalue weighted by Gasteiger charge is 2.30. The summed E-state index contributed by atoms with van der Waals surface area (Å²) in [5.74, 6) is -1.36. The van der Waals surface area contributed by atoms with E-state index in [1.54, 1.807) is 9.80 Å². The number of ether oxygens (including phenoxy) is 1. The van der Waals surface area contributed by atoms with Crippen LogP contribution in [0.1, 0.15) is 50.5 Å². The highest BCUT2D eigenvalue weighted by molar-refractivity contribution is 5.82. The molecule has 10 nitrogen and oxygen atoms in total. The SMILES string of the molecule is N[C@H](CC(=O)O)NC(=O)[C@@H]1CCCN(C(=O)CCC2CCN(C(=O)OCc3ccccc3)CC2)C1. The number of amides is 3. The molecule has 0 radical (unpaired) electrons. The van der Waals surface area contributed by atoms with Crippen LogP contribution in [0, 0.1) is 11.8 Å². The number of hydrogen-bond acceptors (Lipinski definition) is 6. The van der Waals surface area contributed by atoms with Crippen LogP contribution >= 0.6 is 0 Å². The van der Waals surface area contributed by atoms with Crippen molar-refractivity contribution in [2.75, 3.05) is 26.2 Å². The third-order valence-electron chi connectivity index (χ3n) is 6.71. The fourth-order valence-corrected chi connectivity index (χ4v) is 4.66. The van der Waals surface area contributed by atoms with Gasteiger partial charge in [0, 0.05) is 32.6 Å². The summed E-state index contributed by atoms with van der Waals surface area (Å²) in [6.45, 7) is 2.45. The van der Waals surface area contributed by atoms with Crippen LogP contribution in [0.2, 0.25) is 0 Å². The zero-order valence-electron chi connectivity index (χ0n) is 20.1. The molecule has 0 aliphatic carbocycles. The summed E-state index contributed by atoms with van der Waals surface area (Å²) in [4.78, 5) is 51.7. The Kier molecular flexibility index (Phi) is 9.89. The monoisotopic (exact) mass is 488 g/mol. The largest absolute Gasteiger partial charge is 0.481 e. The number of nitrogens with two attached hydrogens (primary N) is 1. The van der Waals surface area contributed by atoms with E-state index in [0.717, 1.165) is 31.2 Å². The minimum absolute atomic E-state index is 0.0297. The van der Waals surface area contributed by atoms with Crippen molar-refractivity contribution >= 4 is 23.9 Å². The lowest BCUT2D eigenvalue weighted by Gasteiger charge is -2.34. The van der Waals surface area contributed by atoms with Crippen LogP contribution in [0.15, 0.2) is 30.3 Å². The Hall–Kier alpha value is -3.14. The molecule has 3 rings (SSSR count). The molecule has 4 N–H and O–H groups in total. The van der Waals surface area contributed by atoms with Gasteiger partial charge in [-0.15, -0.1) is 0 Å². The molecule has 3 amide bonds. The highest BCUT2D eigenvalue weighted by Crippen LogP contribution is 2.24. The summed E-state index contributed by atoms with van der Waals surface area (Å²) in [5, 5.41) is 11.3. The zero-order valence-corrected chi connectivity index (χ0v) is 20.1. The molecule has 0 bridgehead atoms. The van der Waals surface area contributed by atoms with Gasteiger partial charge in [-0.3, -0.25) is 14.4 Å². The van der Waals surface area contributed by atoms with E-state index in [4.69, 9.17) is 15.6 Å². The molecule has 0 saturated carbocycles. The maximum Gasteiger partial charge on any atom is 0.410 e. The molecule has 2 aliphatic heterocycles. The summed E-state index contributed by atoms with van der Waals surface area (Å²) in [5.41, 5.74) is 6.61. The molecule has 2 atom stereocenters. The van der Waals surface area contributed by atoms with Crippen LogP contribution < -0.4 is 11.1 Å². The van der Waals surface area contributed by atoms with Crippen molar-refractivity contribution in [2.24, 2.45) is 17.6 Å². The summed E-state index contributed by atoms with van der Waals surface area (Å²) in [7, 11) is 0. The summed E-state index contributed by atoms with van der Waals surface area (Å²) in [6, 6.07) is 9.57. The van der Waals surface area contributed by atoms with Crippen molar-refractivity contribution in [1.29, 1.82) is 0 Å². The number of piperidine rings is 2. The van der Waals surface area contributed by atoms with E-state index in [-0.39, 0.29) is 36.9 Å². The molecule has 2 saturated heterocycles. The maximum absolute atomic E-state index is 12.8. The fraction of sp³-hybridized carbons (Fsp3) is 0.600. The number of benzene rings is 1. The molecule has 35 heavy (non-hydrogen) atoms. The van der Waals surface area contributed by atoms with Gasteiger partial charge in [0.25, 0.3) is 0 Å². The number of carbonyl (C=O) groups excluding carboxylic acids is 3. The first-order valence-electron chi connectivity index (χ1n) is 12.3. The first-order chi connectivity index (χ1) is 16.8. The molecular weight excluding hydrogens is 452 g/mol. The topological polar surface area (TPSA) is 142 Å². The predicted molar refractivity (Wildman–Crippen MR) is 128 cm³/mol. The van der Waals surface area contributed by atoms with Crippen LogP contribution in [0.5, 0.6) is 0 Å². The van der Waals surface area contributed by atoms with Gasteiger partial charge in [0.2, 0.25) is 11.8 Å². The number of rotatable bonds is 9. The standard InChI is InChI=1S/C25H36N4O6/c26-21(15-23(31)32)27-24(33)20-7-4-12-29(16-20)22(30)9-8-18-10-13-28(14-11-18)25(34)35-17-19-5-2-1-3-6-19/h1-3,5-6,18,20-21H,4,7-17,26H2,(H,27,33)(H,31,32)/t20-,21+/m1/s1. The Morgan fingerprint density at radius 1 is 1.06 bits per heavy atom. The van der Waals surface area contributed by atoms with Gasteiger partial charge in [0.15, 0.2) is 0 Å². The second-order valence-corrected chi connectivity index (χ2v) is 9.40. The zero-order chi connectivity index (χ0) is 25.2. The summed E-state index contributed by atoms with van der Waals surface area (Å²) < 4.78 is 5.41. The van der Waals surface area contributed by atoms with E-state index in [2.05, 4.69) is 5.32 Å². The van der Waals surface area contributed by atoms with Gasteiger partial charge in [-0.2, -0.15) is 0 Å². The van der Waals surface area contributed by atoms with Crippen molar-refractivity contribution in [3.05, 3.63) is 35.9 Å². The van der Waals surface area contributed by atoms with Gasteiger partial charge >= 0.3 is 12.1 Å². The quantitative estimate of drug-likeness (QED) is 0.451. The smallest absolute Gasteiger partial charge is 0.410 e. The highest BCUT2D eigenvalue weighted by atomic mass is 16.6. The van der Waals surface area contributed by atoms with Gasteiger partial charge in [0.1, 0.15) is 6.61 Å². The molecule has 1 aromatic carbocycles. The number of carbonyl (C=O) groups is 4. The first-order valence-corrected chi connectivity index (χ1v) is 12.3. The van der Waals surface area contributed by atoms with E-state index in [0.29, 0.717) is 44.9 Å². The molecule has 192 valence electrons. The number of likely N-dealkylation sites (tertiary alicyclic amines) is 2. The lowest BCUT2D eigenvalue weighted by atomic mass is 9.91. The van der Waals surface area contributed by atoms with Crippen molar-refractivity contribution in [1.82, 2.24) is 15.1 Å². The Bertz CT molecular complexity index is 872. The van der Waals surface area contributed by atoms with E-state index < -0.39 is 12.1 Å². The number of hydrogen-bond donors (Lipinski definition) is 3. The van der Waals surface area contributed by atoms with E-state index in [1.807, 2.05) is 30.3 Å². The molecule has 0 aromatic heterocycles. The van der Waals surface area contributed by atoms with Crippen LogP contribution in [0.4, 0.5) is 4.79 Å². The third-order valence-corrected chi connectivity index (χ3v) is 6.71. The minimum atomic E-state index is -1.08. The predicted octanol–water partition coefficient (Wildman–Crippen LogP) is 1.93. The number of carboxylic acid groups (broad SMARTS) is 1. The molecular formula is C25H36N4O6. The molecule has 10 heteroatoms.